The first-order chi connectivity index (χ1) is 20.1. The first-order valence-corrected chi connectivity index (χ1v) is 19.9. The molecule has 5 heteroatoms. The molecule has 0 aliphatic heterocycles. The molecule has 0 aliphatic rings. The van der Waals surface area contributed by atoms with Crippen LogP contribution in [0.2, 0.25) is 0 Å². The van der Waals surface area contributed by atoms with Gasteiger partial charge in [0, 0.05) is 0 Å². The van der Waals surface area contributed by atoms with Crippen molar-refractivity contribution in [3.63, 3.8) is 0 Å². The molecule has 0 heterocycles. The standard InChI is InChI=1S/C36H73O4P/c1-2-3-4-5-6-7-8-9-10-11-12-13-14-15-16-17-18-19-20-21-22-23-24-25-26-27-28-29-30-31-32-33-34-35-36-40-41(37,38)39/h27-28H,2-26,29-36H2,1H3,(H2,37,38,39)/b28-27-. The lowest BCUT2D eigenvalue weighted by molar-refractivity contribution is 0.193. The van der Waals surface area contributed by atoms with Crippen LogP contribution in [0.5, 0.6) is 0 Å². The van der Waals surface area contributed by atoms with Gasteiger partial charge < -0.3 is 9.79 Å². The van der Waals surface area contributed by atoms with Gasteiger partial charge in [-0.2, -0.15) is 0 Å². The number of hydrogen-bond donors (Lipinski definition) is 2. The van der Waals surface area contributed by atoms with E-state index >= 15 is 0 Å². The number of hydrogen-bond acceptors (Lipinski definition) is 2. The first-order valence-electron chi connectivity index (χ1n) is 18.4. The molecule has 0 aromatic rings. The number of rotatable bonds is 35. The summed E-state index contributed by atoms with van der Waals surface area (Å²) in [6.45, 7) is 2.46. The van der Waals surface area contributed by atoms with Gasteiger partial charge >= 0.3 is 7.82 Å². The molecule has 4 nitrogen and oxygen atoms in total. The van der Waals surface area contributed by atoms with E-state index in [4.69, 9.17) is 9.79 Å². The summed E-state index contributed by atoms with van der Waals surface area (Å²) in [6.07, 6.45) is 48.4. The minimum Gasteiger partial charge on any atom is -0.303 e. The Balaban J connectivity index is 3.10. The second kappa shape index (κ2) is 34.3. The molecule has 0 saturated carbocycles. The zero-order chi connectivity index (χ0) is 30.0. The van der Waals surface area contributed by atoms with E-state index in [1.807, 2.05) is 0 Å². The van der Waals surface area contributed by atoms with E-state index in [1.165, 1.54) is 186 Å². The van der Waals surface area contributed by atoms with Gasteiger partial charge in [-0.05, 0) is 32.1 Å². The minimum absolute atomic E-state index is 0.159. The van der Waals surface area contributed by atoms with Crippen molar-refractivity contribution in [3.05, 3.63) is 12.2 Å². The topological polar surface area (TPSA) is 66.8 Å². The summed E-state index contributed by atoms with van der Waals surface area (Å²) in [6, 6.07) is 0. The molecule has 0 saturated heterocycles. The number of phosphoric acid groups is 1. The lowest BCUT2D eigenvalue weighted by Crippen LogP contribution is -1.92. The largest absolute Gasteiger partial charge is 0.469 e. The van der Waals surface area contributed by atoms with Crippen LogP contribution in [0.25, 0.3) is 0 Å². The lowest BCUT2D eigenvalue weighted by Gasteiger charge is -2.04. The molecular formula is C36H73O4P. The van der Waals surface area contributed by atoms with Gasteiger partial charge in [-0.25, -0.2) is 4.57 Å². The van der Waals surface area contributed by atoms with Crippen LogP contribution in [-0.2, 0) is 9.09 Å². The predicted octanol–water partition coefficient (Wildman–Crippen LogP) is 13.2. The molecule has 0 aromatic carbocycles. The molecule has 0 amide bonds. The molecule has 0 aliphatic carbocycles. The van der Waals surface area contributed by atoms with Gasteiger partial charge in [0.2, 0.25) is 0 Å². The Kier molecular flexibility index (Phi) is 34.2. The van der Waals surface area contributed by atoms with Crippen LogP contribution in [-0.4, -0.2) is 16.4 Å². The fourth-order valence-corrected chi connectivity index (χ4v) is 6.08. The fourth-order valence-electron chi connectivity index (χ4n) is 5.72. The third-order valence-corrected chi connectivity index (χ3v) is 8.93. The van der Waals surface area contributed by atoms with E-state index in [9.17, 15) is 4.57 Å². The van der Waals surface area contributed by atoms with Crippen LogP contribution < -0.4 is 0 Å². The van der Waals surface area contributed by atoms with E-state index in [2.05, 4.69) is 23.6 Å². The van der Waals surface area contributed by atoms with E-state index in [1.54, 1.807) is 0 Å². The molecule has 0 spiro atoms. The monoisotopic (exact) mass is 601 g/mol. The van der Waals surface area contributed by atoms with Crippen LogP contribution in [0, 0.1) is 0 Å². The van der Waals surface area contributed by atoms with Crippen LogP contribution >= 0.6 is 7.82 Å². The molecule has 0 fully saturated rings. The second-order valence-electron chi connectivity index (χ2n) is 12.6. The third kappa shape index (κ3) is 39.9. The normalized spacial score (nSPS) is 12.2. The Morgan fingerprint density at radius 1 is 0.415 bits per heavy atom. The highest BCUT2D eigenvalue weighted by molar-refractivity contribution is 7.46. The van der Waals surface area contributed by atoms with Crippen molar-refractivity contribution in [2.75, 3.05) is 6.61 Å². The summed E-state index contributed by atoms with van der Waals surface area (Å²) < 4.78 is 15.0. The van der Waals surface area contributed by atoms with Gasteiger partial charge in [0.1, 0.15) is 0 Å². The average molecular weight is 601 g/mol. The van der Waals surface area contributed by atoms with Crippen molar-refractivity contribution in [1.29, 1.82) is 0 Å². The second-order valence-corrected chi connectivity index (χ2v) is 13.9. The van der Waals surface area contributed by atoms with Crippen molar-refractivity contribution in [1.82, 2.24) is 0 Å². The van der Waals surface area contributed by atoms with Crippen molar-refractivity contribution in [2.24, 2.45) is 0 Å². The zero-order valence-electron chi connectivity index (χ0n) is 27.6. The average Bonchev–Trinajstić information content (AvgIpc) is 2.94. The Labute approximate surface area is 257 Å². The first kappa shape index (κ1) is 40.9. The van der Waals surface area contributed by atoms with Crippen LogP contribution in [0.1, 0.15) is 212 Å². The summed E-state index contributed by atoms with van der Waals surface area (Å²) in [5.74, 6) is 0. The maximum absolute atomic E-state index is 10.6. The fraction of sp³-hybridized carbons (Fsp3) is 0.944. The summed E-state index contributed by atoms with van der Waals surface area (Å²) in [7, 11) is -4.28. The SMILES string of the molecule is CCCCCCCCCCCCCCCCCCCCCCCCCC/C=C\CCCCCCCCOP(=O)(O)O. The van der Waals surface area contributed by atoms with Crippen molar-refractivity contribution < 1.29 is 18.9 Å². The number of unbranched alkanes of at least 4 members (excludes halogenated alkanes) is 30. The highest BCUT2D eigenvalue weighted by Gasteiger charge is 2.12. The Hall–Kier alpha value is -0.150. The summed E-state index contributed by atoms with van der Waals surface area (Å²) >= 11 is 0. The van der Waals surface area contributed by atoms with Gasteiger partial charge in [-0.3, -0.25) is 4.52 Å². The van der Waals surface area contributed by atoms with Gasteiger partial charge in [0.15, 0.2) is 0 Å². The molecule has 0 atom stereocenters. The van der Waals surface area contributed by atoms with E-state index in [0.717, 1.165) is 19.3 Å². The smallest absolute Gasteiger partial charge is 0.303 e. The highest BCUT2D eigenvalue weighted by atomic mass is 31.2. The molecule has 2 N–H and O–H groups in total. The van der Waals surface area contributed by atoms with Crippen molar-refractivity contribution >= 4 is 7.82 Å². The summed E-state index contributed by atoms with van der Waals surface area (Å²) in [5, 5.41) is 0. The summed E-state index contributed by atoms with van der Waals surface area (Å²) in [5.41, 5.74) is 0. The quantitative estimate of drug-likeness (QED) is 0.0431. The Morgan fingerprint density at radius 2 is 0.659 bits per heavy atom. The van der Waals surface area contributed by atoms with Gasteiger partial charge in [-0.15, -0.1) is 0 Å². The molecule has 0 unspecified atom stereocenters. The van der Waals surface area contributed by atoms with Crippen molar-refractivity contribution in [2.45, 2.75) is 212 Å². The summed E-state index contributed by atoms with van der Waals surface area (Å²) in [4.78, 5) is 17.2. The number of phosphoric ester groups is 1. The minimum atomic E-state index is -4.28. The molecule has 0 radical (unpaired) electrons. The Bertz CT molecular complexity index is 560. The van der Waals surface area contributed by atoms with E-state index in [-0.39, 0.29) is 6.61 Å². The zero-order valence-corrected chi connectivity index (χ0v) is 28.5. The predicted molar refractivity (Wildman–Crippen MR) is 181 cm³/mol. The van der Waals surface area contributed by atoms with Crippen molar-refractivity contribution in [3.8, 4) is 0 Å². The van der Waals surface area contributed by atoms with Gasteiger partial charge in [0.25, 0.3) is 0 Å². The maximum Gasteiger partial charge on any atom is 0.469 e. The van der Waals surface area contributed by atoms with Gasteiger partial charge in [0.05, 0.1) is 6.61 Å². The van der Waals surface area contributed by atoms with Crippen LogP contribution in [0.4, 0.5) is 0 Å². The maximum atomic E-state index is 10.6. The van der Waals surface area contributed by atoms with Gasteiger partial charge in [-0.1, -0.05) is 192 Å². The highest BCUT2D eigenvalue weighted by Crippen LogP contribution is 2.35. The van der Waals surface area contributed by atoms with Crippen LogP contribution in [0.3, 0.4) is 0 Å². The third-order valence-electron chi connectivity index (χ3n) is 8.42. The molecular weight excluding hydrogens is 527 g/mol. The lowest BCUT2D eigenvalue weighted by atomic mass is 10.0. The molecule has 0 rings (SSSR count). The molecule has 246 valence electrons. The molecule has 41 heavy (non-hydrogen) atoms. The Morgan fingerprint density at radius 3 is 0.927 bits per heavy atom. The molecule has 0 bridgehead atoms. The van der Waals surface area contributed by atoms with E-state index < -0.39 is 7.82 Å². The molecule has 0 aromatic heterocycles. The number of allylic oxidation sites excluding steroid dienone is 2. The van der Waals surface area contributed by atoms with E-state index in [0.29, 0.717) is 0 Å². The van der Waals surface area contributed by atoms with Crippen LogP contribution in [0.15, 0.2) is 12.2 Å².